The Bertz CT molecular complexity index is 860. The van der Waals surface area contributed by atoms with Gasteiger partial charge in [0, 0.05) is 0 Å². The van der Waals surface area contributed by atoms with Crippen molar-refractivity contribution in [3.63, 3.8) is 0 Å². The average molecular weight is 357 g/mol. The number of hydrogen-bond donors (Lipinski definition) is 1. The second kappa shape index (κ2) is 7.69. The van der Waals surface area contributed by atoms with Crippen LogP contribution in [-0.2, 0) is 0 Å². The van der Waals surface area contributed by atoms with Gasteiger partial charge in [-0.2, -0.15) is 0 Å². The molecule has 0 aliphatic rings. The van der Waals surface area contributed by atoms with Crippen molar-refractivity contribution in [3.8, 4) is 0 Å². The van der Waals surface area contributed by atoms with Crippen LogP contribution < -0.4 is 15.6 Å². The van der Waals surface area contributed by atoms with Crippen LogP contribution in [0.15, 0.2) is 104 Å². The van der Waals surface area contributed by atoms with E-state index in [1.807, 2.05) is 84.9 Å². The Hall–Kier alpha value is -2.68. The van der Waals surface area contributed by atoms with E-state index < -0.39 is 8.32 Å². The van der Waals surface area contributed by atoms with E-state index in [4.69, 9.17) is 0 Å². The zero-order valence-corrected chi connectivity index (χ0v) is 16.1. The summed E-state index contributed by atoms with van der Waals surface area (Å²) in [5, 5.41) is 2.91. The van der Waals surface area contributed by atoms with Gasteiger partial charge in [0.05, 0.1) is 0 Å². The van der Waals surface area contributed by atoms with E-state index >= 15 is 0 Å². The van der Waals surface area contributed by atoms with Gasteiger partial charge in [0.15, 0.2) is 0 Å². The van der Waals surface area contributed by atoms with Gasteiger partial charge in [-0.15, -0.1) is 6.58 Å². The maximum Gasteiger partial charge on any atom is 0.286 e. The molecule has 0 saturated heterocycles. The fourth-order valence-corrected chi connectivity index (χ4v) is 6.58. The van der Waals surface area contributed by atoms with Crippen LogP contribution in [0.1, 0.15) is 12.5 Å². The summed E-state index contributed by atoms with van der Waals surface area (Å²) in [6.45, 7) is 10.3. The van der Waals surface area contributed by atoms with E-state index in [1.165, 1.54) is 0 Å². The van der Waals surface area contributed by atoms with Crippen molar-refractivity contribution >= 4 is 29.5 Å². The molecule has 0 heterocycles. The first-order valence-electron chi connectivity index (χ1n) is 8.83. The van der Waals surface area contributed by atoms with Gasteiger partial charge >= 0.3 is 0 Å². The summed E-state index contributed by atoms with van der Waals surface area (Å²) in [5.74, 6) is 0.140. The van der Waals surface area contributed by atoms with E-state index in [1.54, 1.807) is 0 Å². The largest absolute Gasteiger partial charge is 0.421 e. The predicted molar refractivity (Wildman–Crippen MR) is 115 cm³/mol. The van der Waals surface area contributed by atoms with E-state index in [9.17, 15) is 4.80 Å². The first kappa shape index (κ1) is 18.1. The summed E-state index contributed by atoms with van der Waals surface area (Å²) in [5.41, 5.74) is 2.00. The van der Waals surface area contributed by atoms with Gasteiger partial charge < -0.3 is 4.80 Å². The average Bonchev–Trinajstić information content (AvgIpc) is 2.73. The smallest absolute Gasteiger partial charge is 0.286 e. The van der Waals surface area contributed by atoms with E-state index in [0.717, 1.165) is 26.7 Å². The molecule has 1 N–H and O–H groups in total. The molecule has 1 nitrogen and oxygen atoms in total. The molecule has 3 aromatic carbocycles. The van der Waals surface area contributed by atoms with Crippen LogP contribution in [-0.4, -0.2) is 13.1 Å². The Morgan fingerprint density at radius 3 is 1.81 bits per heavy atom. The Labute approximate surface area is 157 Å². The van der Waals surface area contributed by atoms with Crippen molar-refractivity contribution in [3.05, 3.63) is 110 Å². The Balaban J connectivity index is 2.29. The fraction of sp³-hybridized carbons (Fsp3) is 0.0833. The third-order valence-corrected chi connectivity index (χ3v) is 8.50. The lowest BCUT2D eigenvalue weighted by atomic mass is 9.95. The molecule has 0 aliphatic carbocycles. The van der Waals surface area contributed by atoms with Crippen molar-refractivity contribution in [2.75, 3.05) is 0 Å². The molecular formula is C24H24OSi. The second-order valence-corrected chi connectivity index (χ2v) is 9.65. The van der Waals surface area contributed by atoms with Crippen LogP contribution in [0.25, 0.3) is 5.57 Å². The molecule has 0 amide bonds. The van der Waals surface area contributed by atoms with E-state index in [2.05, 4.69) is 26.1 Å². The lowest BCUT2D eigenvalue weighted by Crippen LogP contribution is -2.68. The molecule has 0 bridgehead atoms. The summed E-state index contributed by atoms with van der Waals surface area (Å²) in [6, 6.07) is 28.1. The van der Waals surface area contributed by atoms with Crippen LogP contribution in [0.2, 0.25) is 0 Å². The third kappa shape index (κ3) is 3.21. The van der Waals surface area contributed by atoms with Gasteiger partial charge in [-0.1, -0.05) is 105 Å². The second-order valence-electron chi connectivity index (χ2n) is 6.54. The molecular weight excluding hydrogens is 332 g/mol. The minimum absolute atomic E-state index is 0.140. The van der Waals surface area contributed by atoms with E-state index in [0.29, 0.717) is 0 Å². The van der Waals surface area contributed by atoms with Gasteiger partial charge in [0.25, 0.3) is 8.32 Å². The zero-order valence-electron chi connectivity index (χ0n) is 15.1. The fourth-order valence-electron chi connectivity index (χ4n) is 3.30. The topological polar surface area (TPSA) is 20.2 Å². The molecule has 130 valence electrons. The summed E-state index contributed by atoms with van der Waals surface area (Å²) in [7, 11) is -3.14. The first-order valence-corrected chi connectivity index (χ1v) is 10.8. The third-order valence-electron chi connectivity index (χ3n) is 4.95. The first-order chi connectivity index (χ1) is 12.6. The predicted octanol–water partition coefficient (Wildman–Crippen LogP) is 3.48. The molecule has 3 aromatic rings. The molecule has 0 aliphatic heterocycles. The van der Waals surface area contributed by atoms with Gasteiger partial charge in [0.2, 0.25) is 0 Å². The van der Waals surface area contributed by atoms with Crippen LogP contribution in [0.4, 0.5) is 0 Å². The highest BCUT2D eigenvalue weighted by molar-refractivity contribution is 7.06. The normalized spacial score (nSPS) is 12.4. The van der Waals surface area contributed by atoms with Gasteiger partial charge in [-0.05, 0) is 32.6 Å². The number of rotatable bonds is 6. The molecule has 3 rings (SSSR count). The lowest BCUT2D eigenvalue weighted by Gasteiger charge is -2.30. The Morgan fingerprint density at radius 2 is 1.31 bits per heavy atom. The molecule has 0 fully saturated rings. The van der Waals surface area contributed by atoms with Crippen molar-refractivity contribution in [1.82, 2.24) is 0 Å². The SMILES string of the molecule is C=CC(C)C(=C)c1ccccc1[Si](O)(c1ccccc1)c1ccccc1. The van der Waals surface area contributed by atoms with Crippen molar-refractivity contribution in [2.45, 2.75) is 6.92 Å². The molecule has 0 aromatic heterocycles. The quantitative estimate of drug-likeness (QED) is 0.407. The summed E-state index contributed by atoms with van der Waals surface area (Å²) in [6.07, 6.45) is 1.89. The highest BCUT2D eigenvalue weighted by Gasteiger charge is 2.40. The van der Waals surface area contributed by atoms with Crippen molar-refractivity contribution in [1.29, 1.82) is 0 Å². The summed E-state index contributed by atoms with van der Waals surface area (Å²) in [4.78, 5) is 12.2. The number of allylic oxidation sites excluding steroid dienone is 2. The number of hydrogen-bond acceptors (Lipinski definition) is 1. The molecule has 0 saturated carbocycles. The van der Waals surface area contributed by atoms with Crippen molar-refractivity contribution in [2.24, 2.45) is 5.92 Å². The highest BCUT2D eigenvalue weighted by Crippen LogP contribution is 2.22. The summed E-state index contributed by atoms with van der Waals surface area (Å²) < 4.78 is 0. The van der Waals surface area contributed by atoms with Gasteiger partial charge in [0.1, 0.15) is 0 Å². The Morgan fingerprint density at radius 1 is 0.846 bits per heavy atom. The van der Waals surface area contributed by atoms with Gasteiger partial charge in [-0.25, -0.2) is 0 Å². The standard InChI is InChI=1S/C24H24OSi/c1-4-19(2)20(3)23-17-11-12-18-24(23)26(25,21-13-7-5-8-14-21)22-15-9-6-10-16-22/h4-19,25H,1,3H2,2H3. The maximum atomic E-state index is 12.2. The Kier molecular flexibility index (Phi) is 5.36. The highest BCUT2D eigenvalue weighted by atomic mass is 28.4. The minimum atomic E-state index is -3.14. The monoisotopic (exact) mass is 356 g/mol. The molecule has 2 heteroatoms. The molecule has 0 spiro atoms. The van der Waals surface area contributed by atoms with Crippen LogP contribution in [0, 0.1) is 5.92 Å². The van der Waals surface area contributed by atoms with Crippen LogP contribution in [0.5, 0.6) is 0 Å². The van der Waals surface area contributed by atoms with Crippen LogP contribution >= 0.6 is 0 Å². The van der Waals surface area contributed by atoms with E-state index in [-0.39, 0.29) is 5.92 Å². The van der Waals surface area contributed by atoms with Gasteiger partial charge in [-0.3, -0.25) is 0 Å². The summed E-state index contributed by atoms with van der Waals surface area (Å²) >= 11 is 0. The number of benzene rings is 3. The molecule has 0 radical (unpaired) electrons. The molecule has 1 unspecified atom stereocenters. The maximum absolute atomic E-state index is 12.2. The van der Waals surface area contributed by atoms with Crippen LogP contribution in [0.3, 0.4) is 0 Å². The van der Waals surface area contributed by atoms with Crippen molar-refractivity contribution < 1.29 is 4.80 Å². The minimum Gasteiger partial charge on any atom is -0.421 e. The molecule has 1 atom stereocenters. The zero-order chi connectivity index (χ0) is 18.6. The molecule has 26 heavy (non-hydrogen) atoms. The lowest BCUT2D eigenvalue weighted by molar-refractivity contribution is 0.583.